The summed E-state index contributed by atoms with van der Waals surface area (Å²) in [6.07, 6.45) is -0.556. The summed E-state index contributed by atoms with van der Waals surface area (Å²) >= 11 is 0. The predicted octanol–water partition coefficient (Wildman–Crippen LogP) is 4.31. The topological polar surface area (TPSA) is 58.6 Å². The molecular weight excluding hydrogens is 326 g/mol. The Bertz CT molecular complexity index is 817. The standard InChI is InChI=1S/C22H21NO3/c24-15-21(23-22(25)26-16-17-7-3-1-4-8-17)20-13-11-19(12-14-20)18-9-5-2-6-10-18/h1-14,21,24H,15-16H2,(H,23,25). The molecule has 0 fully saturated rings. The van der Waals surface area contributed by atoms with Crippen molar-refractivity contribution in [3.8, 4) is 11.1 Å². The highest BCUT2D eigenvalue weighted by Gasteiger charge is 2.14. The second-order valence-electron chi connectivity index (χ2n) is 5.93. The van der Waals surface area contributed by atoms with Gasteiger partial charge in [0, 0.05) is 0 Å². The van der Waals surface area contributed by atoms with Crippen molar-refractivity contribution >= 4 is 6.09 Å². The molecule has 3 aromatic rings. The molecule has 0 aliphatic heterocycles. The monoisotopic (exact) mass is 347 g/mol. The Morgan fingerprint density at radius 3 is 2.04 bits per heavy atom. The zero-order valence-corrected chi connectivity index (χ0v) is 14.3. The number of hydrogen-bond donors (Lipinski definition) is 2. The van der Waals surface area contributed by atoms with Crippen LogP contribution in [0.4, 0.5) is 4.79 Å². The van der Waals surface area contributed by atoms with Crippen molar-refractivity contribution in [2.24, 2.45) is 0 Å². The first-order valence-electron chi connectivity index (χ1n) is 8.50. The Balaban J connectivity index is 1.60. The van der Waals surface area contributed by atoms with Gasteiger partial charge in [-0.3, -0.25) is 0 Å². The van der Waals surface area contributed by atoms with Crippen molar-refractivity contribution < 1.29 is 14.6 Å². The lowest BCUT2D eigenvalue weighted by molar-refractivity contribution is 0.129. The number of aliphatic hydroxyl groups is 1. The van der Waals surface area contributed by atoms with Gasteiger partial charge < -0.3 is 15.2 Å². The van der Waals surface area contributed by atoms with Crippen LogP contribution in [0, 0.1) is 0 Å². The SMILES string of the molecule is O=C(NC(CO)c1ccc(-c2ccccc2)cc1)OCc1ccccc1. The first-order chi connectivity index (χ1) is 12.8. The van der Waals surface area contributed by atoms with Crippen molar-refractivity contribution in [2.75, 3.05) is 6.61 Å². The summed E-state index contributed by atoms with van der Waals surface area (Å²) in [5.74, 6) is 0. The lowest BCUT2D eigenvalue weighted by Crippen LogP contribution is -2.31. The van der Waals surface area contributed by atoms with E-state index < -0.39 is 12.1 Å². The van der Waals surface area contributed by atoms with Gasteiger partial charge >= 0.3 is 6.09 Å². The smallest absolute Gasteiger partial charge is 0.408 e. The van der Waals surface area contributed by atoms with Crippen LogP contribution >= 0.6 is 0 Å². The summed E-state index contributed by atoms with van der Waals surface area (Å²) in [7, 11) is 0. The van der Waals surface area contributed by atoms with Crippen LogP contribution in [0.15, 0.2) is 84.9 Å². The summed E-state index contributed by atoms with van der Waals surface area (Å²) in [6, 6.07) is 26.7. The largest absolute Gasteiger partial charge is 0.445 e. The van der Waals surface area contributed by atoms with E-state index in [-0.39, 0.29) is 13.2 Å². The number of hydrogen-bond acceptors (Lipinski definition) is 3. The van der Waals surface area contributed by atoms with Gasteiger partial charge in [0.2, 0.25) is 0 Å². The average molecular weight is 347 g/mol. The zero-order valence-electron chi connectivity index (χ0n) is 14.3. The minimum atomic E-state index is -0.556. The summed E-state index contributed by atoms with van der Waals surface area (Å²) in [5, 5.41) is 12.3. The van der Waals surface area contributed by atoms with E-state index in [1.54, 1.807) is 0 Å². The number of carbonyl (C=O) groups excluding carboxylic acids is 1. The molecule has 0 heterocycles. The maximum absolute atomic E-state index is 12.0. The first-order valence-corrected chi connectivity index (χ1v) is 8.50. The van der Waals surface area contributed by atoms with Crippen LogP contribution in [-0.2, 0) is 11.3 Å². The van der Waals surface area contributed by atoms with E-state index in [1.807, 2.05) is 84.9 Å². The van der Waals surface area contributed by atoms with Gasteiger partial charge in [-0.05, 0) is 22.3 Å². The number of amides is 1. The third-order valence-corrected chi connectivity index (χ3v) is 4.11. The van der Waals surface area contributed by atoms with E-state index in [0.29, 0.717) is 0 Å². The minimum Gasteiger partial charge on any atom is -0.445 e. The summed E-state index contributed by atoms with van der Waals surface area (Å²) < 4.78 is 5.21. The number of aliphatic hydroxyl groups excluding tert-OH is 1. The predicted molar refractivity (Wildman–Crippen MR) is 101 cm³/mol. The van der Waals surface area contributed by atoms with Crippen LogP contribution in [-0.4, -0.2) is 17.8 Å². The second kappa shape index (κ2) is 8.83. The summed E-state index contributed by atoms with van der Waals surface area (Å²) in [5.41, 5.74) is 3.94. The molecule has 0 spiro atoms. The molecule has 26 heavy (non-hydrogen) atoms. The van der Waals surface area contributed by atoms with Gasteiger partial charge in [0.15, 0.2) is 0 Å². The van der Waals surface area contributed by atoms with Gasteiger partial charge in [0.1, 0.15) is 6.61 Å². The molecule has 0 radical (unpaired) electrons. The molecule has 0 aliphatic carbocycles. The minimum absolute atomic E-state index is 0.192. The molecule has 0 saturated heterocycles. The average Bonchev–Trinajstić information content (AvgIpc) is 2.72. The Kier molecular flexibility index (Phi) is 6.01. The maximum Gasteiger partial charge on any atom is 0.408 e. The molecule has 1 unspecified atom stereocenters. The Labute approximate surface area is 153 Å². The molecule has 3 aromatic carbocycles. The first kappa shape index (κ1) is 17.7. The fourth-order valence-corrected chi connectivity index (χ4v) is 2.68. The van der Waals surface area contributed by atoms with E-state index in [1.165, 1.54) is 0 Å². The van der Waals surface area contributed by atoms with Gasteiger partial charge in [-0.1, -0.05) is 84.9 Å². The highest BCUT2D eigenvalue weighted by Crippen LogP contribution is 2.22. The molecule has 0 aliphatic rings. The van der Waals surface area contributed by atoms with Crippen LogP contribution in [0.3, 0.4) is 0 Å². The van der Waals surface area contributed by atoms with Crippen molar-refractivity contribution in [1.82, 2.24) is 5.32 Å². The van der Waals surface area contributed by atoms with Crippen molar-refractivity contribution in [3.05, 3.63) is 96.1 Å². The number of nitrogens with one attached hydrogen (secondary N) is 1. The van der Waals surface area contributed by atoms with E-state index in [0.717, 1.165) is 22.3 Å². The van der Waals surface area contributed by atoms with Gasteiger partial charge in [0.05, 0.1) is 12.6 Å². The molecule has 0 bridgehead atoms. The number of alkyl carbamates (subject to hydrolysis) is 1. The van der Waals surface area contributed by atoms with Crippen LogP contribution in [0.5, 0.6) is 0 Å². The second-order valence-corrected chi connectivity index (χ2v) is 5.93. The Morgan fingerprint density at radius 2 is 1.42 bits per heavy atom. The molecule has 1 amide bonds. The quantitative estimate of drug-likeness (QED) is 0.698. The molecule has 0 saturated carbocycles. The van der Waals surface area contributed by atoms with E-state index in [4.69, 9.17) is 4.74 Å². The molecule has 4 heteroatoms. The maximum atomic E-state index is 12.0. The Morgan fingerprint density at radius 1 is 0.846 bits per heavy atom. The van der Waals surface area contributed by atoms with E-state index in [2.05, 4.69) is 5.32 Å². The molecular formula is C22H21NO3. The number of benzene rings is 3. The van der Waals surface area contributed by atoms with Crippen molar-refractivity contribution in [2.45, 2.75) is 12.6 Å². The van der Waals surface area contributed by atoms with E-state index in [9.17, 15) is 9.90 Å². The van der Waals surface area contributed by atoms with Gasteiger partial charge in [-0.2, -0.15) is 0 Å². The third kappa shape index (κ3) is 4.71. The fourth-order valence-electron chi connectivity index (χ4n) is 2.68. The summed E-state index contributed by atoms with van der Waals surface area (Å²) in [4.78, 5) is 12.0. The van der Waals surface area contributed by atoms with Crippen molar-refractivity contribution in [1.29, 1.82) is 0 Å². The lowest BCUT2D eigenvalue weighted by Gasteiger charge is -2.17. The lowest BCUT2D eigenvalue weighted by atomic mass is 10.0. The van der Waals surface area contributed by atoms with Crippen LogP contribution in [0.2, 0.25) is 0 Å². The number of ether oxygens (including phenoxy) is 1. The number of rotatable bonds is 6. The normalized spacial score (nSPS) is 11.6. The van der Waals surface area contributed by atoms with Crippen molar-refractivity contribution in [3.63, 3.8) is 0 Å². The van der Waals surface area contributed by atoms with Gasteiger partial charge in [0.25, 0.3) is 0 Å². The fraction of sp³-hybridized carbons (Fsp3) is 0.136. The van der Waals surface area contributed by atoms with Crippen LogP contribution < -0.4 is 5.32 Å². The molecule has 1 atom stereocenters. The highest BCUT2D eigenvalue weighted by molar-refractivity contribution is 5.68. The molecule has 132 valence electrons. The number of carbonyl (C=O) groups is 1. The van der Waals surface area contributed by atoms with Gasteiger partial charge in [-0.25, -0.2) is 4.79 Å². The highest BCUT2D eigenvalue weighted by atomic mass is 16.5. The summed E-state index contributed by atoms with van der Waals surface area (Å²) in [6.45, 7) is -0.0110. The van der Waals surface area contributed by atoms with E-state index >= 15 is 0 Å². The van der Waals surface area contributed by atoms with Crippen LogP contribution in [0.1, 0.15) is 17.2 Å². The molecule has 3 rings (SSSR count). The Hall–Kier alpha value is -3.11. The zero-order chi connectivity index (χ0) is 18.2. The molecule has 4 nitrogen and oxygen atoms in total. The third-order valence-electron chi connectivity index (χ3n) is 4.11. The van der Waals surface area contributed by atoms with Crippen LogP contribution in [0.25, 0.3) is 11.1 Å². The molecule has 0 aromatic heterocycles. The van der Waals surface area contributed by atoms with Gasteiger partial charge in [-0.15, -0.1) is 0 Å². The molecule has 2 N–H and O–H groups in total.